The minimum absolute atomic E-state index is 0.158. The molecule has 0 radical (unpaired) electrons. The summed E-state index contributed by atoms with van der Waals surface area (Å²) in [6.45, 7) is 5.81. The molecule has 0 aliphatic carbocycles. The number of aliphatic imine (C=N–C) groups is 1. The average molecular weight is 342 g/mol. The molecule has 0 unspecified atom stereocenters. The minimum atomic E-state index is -0.360. The molecule has 2 rings (SSSR count). The van der Waals surface area contributed by atoms with Crippen LogP contribution in [0.1, 0.15) is 34.0 Å². The predicted octanol–water partition coefficient (Wildman–Crippen LogP) is 4.45. The van der Waals surface area contributed by atoms with Crippen molar-refractivity contribution in [3.63, 3.8) is 0 Å². The first-order valence-corrected chi connectivity index (χ1v) is 8.05. The van der Waals surface area contributed by atoms with E-state index in [0.29, 0.717) is 16.9 Å². The Morgan fingerprint density at radius 2 is 1.96 bits per heavy atom. The largest absolute Gasteiger partial charge is 0.497 e. The molecule has 0 fully saturated rings. The zero-order chi connectivity index (χ0) is 18.6. The van der Waals surface area contributed by atoms with Crippen molar-refractivity contribution in [3.8, 4) is 5.75 Å². The normalized spacial score (nSPS) is 11.0. The highest BCUT2D eigenvalue weighted by molar-refractivity contribution is 5.96. The van der Waals surface area contributed by atoms with Crippen molar-refractivity contribution in [1.82, 2.24) is 4.90 Å². The van der Waals surface area contributed by atoms with Crippen LogP contribution in [0.4, 0.5) is 10.1 Å². The van der Waals surface area contributed by atoms with Crippen molar-refractivity contribution in [3.05, 3.63) is 58.4 Å². The monoisotopic (exact) mass is 342 g/mol. The summed E-state index contributed by atoms with van der Waals surface area (Å²) in [6, 6.07) is 8.23. The van der Waals surface area contributed by atoms with E-state index < -0.39 is 0 Å². The second-order valence-corrected chi connectivity index (χ2v) is 5.96. The summed E-state index contributed by atoms with van der Waals surface area (Å²) in [5.41, 5.74) is 3.62. The number of ether oxygens (including phenoxy) is 1. The van der Waals surface area contributed by atoms with Gasteiger partial charge in [-0.1, -0.05) is 0 Å². The van der Waals surface area contributed by atoms with Crippen molar-refractivity contribution in [1.29, 1.82) is 0 Å². The third-order valence-electron chi connectivity index (χ3n) is 4.05. The second kappa shape index (κ2) is 7.92. The standard InChI is InChI=1S/C20H23FN2O2/c1-6-22-19-10-13(2)17(9-14(19)3)20(24)23(4)12-15-11-16(25-5)7-8-18(15)21/h6-11H,12H2,1-5H3. The van der Waals surface area contributed by atoms with Gasteiger partial charge in [0.2, 0.25) is 0 Å². The second-order valence-electron chi connectivity index (χ2n) is 5.96. The topological polar surface area (TPSA) is 41.9 Å². The Labute approximate surface area is 148 Å². The van der Waals surface area contributed by atoms with Crippen molar-refractivity contribution in [2.75, 3.05) is 14.2 Å². The highest BCUT2D eigenvalue weighted by Gasteiger charge is 2.17. The van der Waals surface area contributed by atoms with Crippen LogP contribution in [0.15, 0.2) is 35.3 Å². The Morgan fingerprint density at radius 3 is 2.60 bits per heavy atom. The molecule has 0 aliphatic rings. The summed E-state index contributed by atoms with van der Waals surface area (Å²) >= 11 is 0. The van der Waals surface area contributed by atoms with Crippen LogP contribution in [0.25, 0.3) is 0 Å². The number of halogens is 1. The lowest BCUT2D eigenvalue weighted by molar-refractivity contribution is 0.0783. The number of carbonyl (C=O) groups excluding carboxylic acids is 1. The van der Waals surface area contributed by atoms with E-state index in [1.165, 1.54) is 18.1 Å². The van der Waals surface area contributed by atoms with Crippen molar-refractivity contribution < 1.29 is 13.9 Å². The van der Waals surface area contributed by atoms with E-state index in [9.17, 15) is 9.18 Å². The Kier molecular flexibility index (Phi) is 5.91. The molecule has 0 N–H and O–H groups in total. The van der Waals surface area contributed by atoms with Crippen LogP contribution in [-0.4, -0.2) is 31.2 Å². The van der Waals surface area contributed by atoms with E-state index in [1.54, 1.807) is 25.4 Å². The van der Waals surface area contributed by atoms with E-state index in [1.807, 2.05) is 32.9 Å². The van der Waals surface area contributed by atoms with Gasteiger partial charge in [0.1, 0.15) is 11.6 Å². The Balaban J connectivity index is 2.27. The van der Waals surface area contributed by atoms with Gasteiger partial charge < -0.3 is 9.64 Å². The van der Waals surface area contributed by atoms with Gasteiger partial charge in [0.15, 0.2) is 0 Å². The molecule has 0 bridgehead atoms. The molecule has 0 heterocycles. The van der Waals surface area contributed by atoms with Crippen molar-refractivity contribution in [2.45, 2.75) is 27.3 Å². The zero-order valence-electron chi connectivity index (χ0n) is 15.3. The fourth-order valence-corrected chi connectivity index (χ4v) is 2.64. The number of carbonyl (C=O) groups is 1. The highest BCUT2D eigenvalue weighted by atomic mass is 19.1. The predicted molar refractivity (Wildman–Crippen MR) is 98.5 cm³/mol. The van der Waals surface area contributed by atoms with E-state index in [-0.39, 0.29) is 18.3 Å². The van der Waals surface area contributed by atoms with Gasteiger partial charge in [0.05, 0.1) is 12.8 Å². The van der Waals surface area contributed by atoms with Gasteiger partial charge in [0.25, 0.3) is 5.91 Å². The quantitative estimate of drug-likeness (QED) is 0.754. The molecule has 0 aliphatic heterocycles. The molecular formula is C20H23FN2O2. The molecule has 25 heavy (non-hydrogen) atoms. The molecular weight excluding hydrogens is 319 g/mol. The summed E-state index contributed by atoms with van der Waals surface area (Å²) in [5.74, 6) is 0.0434. The number of hydrogen-bond acceptors (Lipinski definition) is 3. The zero-order valence-corrected chi connectivity index (χ0v) is 15.3. The molecule has 0 spiro atoms. The number of benzene rings is 2. The maximum atomic E-state index is 14.0. The Bertz CT molecular complexity index is 816. The van der Waals surface area contributed by atoms with Gasteiger partial charge in [-0.05, 0) is 62.2 Å². The molecule has 5 heteroatoms. The fourth-order valence-electron chi connectivity index (χ4n) is 2.64. The molecule has 132 valence electrons. The first kappa shape index (κ1) is 18.6. The smallest absolute Gasteiger partial charge is 0.254 e. The number of methoxy groups -OCH3 is 1. The summed E-state index contributed by atoms with van der Waals surface area (Å²) in [6.07, 6.45) is 1.72. The van der Waals surface area contributed by atoms with E-state index in [2.05, 4.69) is 4.99 Å². The van der Waals surface area contributed by atoms with Crippen LogP contribution in [-0.2, 0) is 6.54 Å². The van der Waals surface area contributed by atoms with Gasteiger partial charge in [-0.3, -0.25) is 9.79 Å². The molecule has 4 nitrogen and oxygen atoms in total. The number of amides is 1. The lowest BCUT2D eigenvalue weighted by Crippen LogP contribution is -2.27. The third-order valence-corrected chi connectivity index (χ3v) is 4.05. The van der Waals surface area contributed by atoms with Crippen LogP contribution in [0.2, 0.25) is 0 Å². The van der Waals surface area contributed by atoms with Gasteiger partial charge in [0, 0.05) is 30.9 Å². The van der Waals surface area contributed by atoms with Crippen molar-refractivity contribution >= 4 is 17.8 Å². The Hall–Kier alpha value is -2.69. The van der Waals surface area contributed by atoms with E-state index >= 15 is 0 Å². The Morgan fingerprint density at radius 1 is 1.24 bits per heavy atom. The first-order valence-electron chi connectivity index (χ1n) is 8.05. The van der Waals surface area contributed by atoms with Gasteiger partial charge >= 0.3 is 0 Å². The van der Waals surface area contributed by atoms with Gasteiger partial charge in [-0.2, -0.15) is 0 Å². The summed E-state index contributed by atoms with van der Waals surface area (Å²) < 4.78 is 19.1. The molecule has 0 saturated heterocycles. The van der Waals surface area contributed by atoms with E-state index in [0.717, 1.165) is 16.8 Å². The summed E-state index contributed by atoms with van der Waals surface area (Å²) in [7, 11) is 3.19. The summed E-state index contributed by atoms with van der Waals surface area (Å²) in [5, 5.41) is 0. The molecule has 0 saturated carbocycles. The number of hydrogen-bond donors (Lipinski definition) is 0. The van der Waals surface area contributed by atoms with E-state index in [4.69, 9.17) is 4.74 Å². The molecule has 0 aromatic heterocycles. The lowest BCUT2D eigenvalue weighted by Gasteiger charge is -2.20. The fraction of sp³-hybridized carbons (Fsp3) is 0.300. The molecule has 2 aromatic carbocycles. The van der Waals surface area contributed by atoms with Crippen LogP contribution in [0, 0.1) is 19.7 Å². The van der Waals surface area contributed by atoms with Crippen LogP contribution >= 0.6 is 0 Å². The van der Waals surface area contributed by atoms with Crippen molar-refractivity contribution in [2.24, 2.45) is 4.99 Å². The maximum absolute atomic E-state index is 14.0. The van der Waals surface area contributed by atoms with Crippen LogP contribution in [0.3, 0.4) is 0 Å². The lowest BCUT2D eigenvalue weighted by atomic mass is 10.0. The van der Waals surface area contributed by atoms with Gasteiger partial charge in [-0.15, -0.1) is 0 Å². The maximum Gasteiger partial charge on any atom is 0.254 e. The summed E-state index contributed by atoms with van der Waals surface area (Å²) in [4.78, 5) is 18.6. The molecule has 0 atom stereocenters. The number of rotatable bonds is 5. The number of nitrogens with zero attached hydrogens (tertiary/aromatic N) is 2. The SMILES string of the molecule is CC=Nc1cc(C)c(C(=O)N(C)Cc2cc(OC)ccc2F)cc1C. The molecule has 1 amide bonds. The average Bonchev–Trinajstić information content (AvgIpc) is 2.59. The van der Waals surface area contributed by atoms with Gasteiger partial charge in [-0.25, -0.2) is 4.39 Å². The van der Waals surface area contributed by atoms with Crippen LogP contribution in [0.5, 0.6) is 5.75 Å². The number of aryl methyl sites for hydroxylation is 2. The molecule has 2 aromatic rings. The first-order chi connectivity index (χ1) is 11.9. The third kappa shape index (κ3) is 4.24. The minimum Gasteiger partial charge on any atom is -0.497 e. The highest BCUT2D eigenvalue weighted by Crippen LogP contribution is 2.25. The van der Waals surface area contributed by atoms with Crippen LogP contribution < -0.4 is 4.74 Å².